The Morgan fingerprint density at radius 1 is 1.07 bits per heavy atom. The molecule has 10 nitrogen and oxygen atoms in total. The lowest BCUT2D eigenvalue weighted by Crippen LogP contribution is -2.05. The van der Waals surface area contributed by atoms with E-state index in [4.69, 9.17) is 9.47 Å². The van der Waals surface area contributed by atoms with Crippen LogP contribution in [0.5, 0.6) is 11.5 Å². The summed E-state index contributed by atoms with van der Waals surface area (Å²) in [6.45, 7) is 0.178. The first-order valence-electron chi connectivity index (χ1n) is 8.83. The molecule has 5 heterocycles. The summed E-state index contributed by atoms with van der Waals surface area (Å²) in [4.78, 5) is 8.71. The Morgan fingerprint density at radius 2 is 2.00 bits per heavy atom. The van der Waals surface area contributed by atoms with Gasteiger partial charge in [0.25, 0.3) is 0 Å². The highest BCUT2D eigenvalue weighted by molar-refractivity contribution is 5.81. The maximum Gasteiger partial charge on any atom is 0.192 e. The molecule has 0 saturated heterocycles. The summed E-state index contributed by atoms with van der Waals surface area (Å²) < 4.78 is 14.6. The van der Waals surface area contributed by atoms with Crippen molar-refractivity contribution in [3.63, 3.8) is 0 Å². The molecule has 0 aliphatic heterocycles. The number of hydrogen-bond donors (Lipinski definition) is 0. The third kappa shape index (κ3) is 3.10. The molecule has 29 heavy (non-hydrogen) atoms. The van der Waals surface area contributed by atoms with E-state index in [9.17, 15) is 0 Å². The quantitative estimate of drug-likeness (QED) is 0.450. The second-order valence-electron chi connectivity index (χ2n) is 6.35. The molecule has 0 radical (unpaired) electrons. The van der Waals surface area contributed by atoms with Crippen LogP contribution in [0.25, 0.3) is 27.9 Å². The van der Waals surface area contributed by atoms with Crippen molar-refractivity contribution < 1.29 is 9.47 Å². The third-order valence-corrected chi connectivity index (χ3v) is 4.44. The average molecular weight is 388 g/mol. The molecule has 0 aromatic carbocycles. The van der Waals surface area contributed by atoms with E-state index in [0.717, 1.165) is 11.3 Å². The molecular formula is C19H16N8O2. The highest BCUT2D eigenvalue weighted by atomic mass is 16.5. The van der Waals surface area contributed by atoms with Gasteiger partial charge in [-0.2, -0.15) is 14.7 Å². The smallest absolute Gasteiger partial charge is 0.192 e. The van der Waals surface area contributed by atoms with E-state index in [1.807, 2.05) is 31.4 Å². The Labute approximate surface area is 164 Å². The number of aryl methyl sites for hydroxylation is 1. The van der Waals surface area contributed by atoms with E-state index in [1.54, 1.807) is 41.0 Å². The van der Waals surface area contributed by atoms with E-state index in [1.165, 1.54) is 0 Å². The Bertz CT molecular complexity index is 1330. The van der Waals surface area contributed by atoms with Crippen molar-refractivity contribution in [2.45, 2.75) is 6.61 Å². The van der Waals surface area contributed by atoms with Crippen LogP contribution >= 0.6 is 0 Å². The molecule has 5 aromatic heterocycles. The molecule has 0 saturated carbocycles. The minimum atomic E-state index is 0.178. The van der Waals surface area contributed by atoms with Crippen LogP contribution in [0.15, 0.2) is 49.1 Å². The molecule has 144 valence electrons. The Hall–Kier alpha value is -4.08. The zero-order valence-electron chi connectivity index (χ0n) is 15.7. The molecule has 0 fully saturated rings. The fourth-order valence-electron chi connectivity index (χ4n) is 2.99. The van der Waals surface area contributed by atoms with Gasteiger partial charge in [0.05, 0.1) is 30.7 Å². The van der Waals surface area contributed by atoms with Crippen molar-refractivity contribution in [1.29, 1.82) is 0 Å². The summed E-state index contributed by atoms with van der Waals surface area (Å²) >= 11 is 0. The Balaban J connectivity index is 1.46. The van der Waals surface area contributed by atoms with Gasteiger partial charge < -0.3 is 9.47 Å². The number of hydrogen-bond acceptors (Lipinski definition) is 8. The normalized spacial score (nSPS) is 11.2. The predicted molar refractivity (Wildman–Crippen MR) is 103 cm³/mol. The van der Waals surface area contributed by atoms with Gasteiger partial charge in [-0.05, 0) is 12.1 Å². The van der Waals surface area contributed by atoms with E-state index in [2.05, 4.69) is 30.4 Å². The number of nitrogens with zero attached hydrogens (tertiary/aromatic N) is 8. The lowest BCUT2D eigenvalue weighted by molar-refractivity contribution is 0.295. The molecule has 0 aliphatic carbocycles. The largest absolute Gasteiger partial charge is 0.495 e. The number of ether oxygens (including phenoxy) is 2. The fraction of sp³-hybridized carbons (Fsp3) is 0.158. The van der Waals surface area contributed by atoms with Crippen LogP contribution in [0.3, 0.4) is 0 Å². The maximum atomic E-state index is 5.97. The summed E-state index contributed by atoms with van der Waals surface area (Å²) in [5.74, 6) is 1.81. The van der Waals surface area contributed by atoms with Gasteiger partial charge in [-0.25, -0.2) is 4.98 Å². The molecule has 5 aromatic rings. The fourth-order valence-corrected chi connectivity index (χ4v) is 2.99. The second kappa shape index (κ2) is 6.82. The summed E-state index contributed by atoms with van der Waals surface area (Å²) in [5.41, 5.74) is 3.65. The lowest BCUT2D eigenvalue weighted by Gasteiger charge is -2.08. The Morgan fingerprint density at radius 3 is 2.83 bits per heavy atom. The number of rotatable bonds is 5. The molecule has 5 rings (SSSR count). The summed E-state index contributed by atoms with van der Waals surface area (Å²) in [5, 5.41) is 17.2. The van der Waals surface area contributed by atoms with Crippen LogP contribution in [0.2, 0.25) is 0 Å². The third-order valence-electron chi connectivity index (χ3n) is 4.44. The summed E-state index contributed by atoms with van der Waals surface area (Å²) in [6.07, 6.45) is 6.96. The first kappa shape index (κ1) is 17.0. The van der Waals surface area contributed by atoms with Crippen LogP contribution in [0, 0.1) is 0 Å². The zero-order chi connectivity index (χ0) is 19.8. The van der Waals surface area contributed by atoms with Gasteiger partial charge in [0, 0.05) is 37.1 Å². The van der Waals surface area contributed by atoms with Crippen LogP contribution < -0.4 is 9.47 Å². The number of fused-ring (bicyclic) bond motifs is 2. The van der Waals surface area contributed by atoms with Gasteiger partial charge in [-0.3, -0.25) is 9.67 Å². The predicted octanol–water partition coefficient (Wildman–Crippen LogP) is 2.06. The molecule has 0 bridgehead atoms. The standard InChI is InChI=1S/C19H16N8O2/c1-26-10-12(8-22-26)14-3-4-17-23-24-18(27(17)25-14)11-29-16-5-6-20-15-7-13(28-2)9-21-19(15)16/h3-10H,11H2,1-2H3. The highest BCUT2D eigenvalue weighted by Crippen LogP contribution is 2.25. The monoisotopic (exact) mass is 388 g/mol. The molecule has 0 unspecified atom stereocenters. The van der Waals surface area contributed by atoms with E-state index in [-0.39, 0.29) is 6.61 Å². The summed E-state index contributed by atoms with van der Waals surface area (Å²) in [7, 11) is 3.45. The molecule has 0 spiro atoms. The van der Waals surface area contributed by atoms with Crippen LogP contribution in [0.1, 0.15) is 5.82 Å². The number of methoxy groups -OCH3 is 1. The highest BCUT2D eigenvalue weighted by Gasteiger charge is 2.12. The second-order valence-corrected chi connectivity index (χ2v) is 6.35. The molecule has 10 heteroatoms. The zero-order valence-corrected chi connectivity index (χ0v) is 15.7. The first-order chi connectivity index (χ1) is 14.2. The van der Waals surface area contributed by atoms with Crippen molar-refractivity contribution >= 4 is 16.7 Å². The lowest BCUT2D eigenvalue weighted by atomic mass is 10.2. The topological polar surface area (TPSA) is 105 Å². The van der Waals surface area contributed by atoms with Gasteiger partial charge in [-0.15, -0.1) is 10.2 Å². The van der Waals surface area contributed by atoms with Crippen molar-refractivity contribution in [3.05, 3.63) is 54.9 Å². The van der Waals surface area contributed by atoms with Gasteiger partial charge in [0.2, 0.25) is 0 Å². The summed E-state index contributed by atoms with van der Waals surface area (Å²) in [6, 6.07) is 7.32. The SMILES string of the molecule is COc1cnc2c(OCc3nnc4ccc(-c5cnn(C)c5)nn34)ccnc2c1. The van der Waals surface area contributed by atoms with Crippen molar-refractivity contribution in [1.82, 2.24) is 39.6 Å². The first-order valence-corrected chi connectivity index (χ1v) is 8.83. The average Bonchev–Trinajstić information content (AvgIpc) is 3.37. The Kier molecular flexibility index (Phi) is 4.01. The van der Waals surface area contributed by atoms with E-state index >= 15 is 0 Å². The molecule has 0 atom stereocenters. The van der Waals surface area contributed by atoms with Crippen LogP contribution in [-0.4, -0.2) is 46.7 Å². The number of aromatic nitrogens is 8. The minimum absolute atomic E-state index is 0.178. The molecular weight excluding hydrogens is 372 g/mol. The molecule has 0 N–H and O–H groups in total. The van der Waals surface area contributed by atoms with Gasteiger partial charge in [0.15, 0.2) is 11.5 Å². The van der Waals surface area contributed by atoms with Crippen LogP contribution in [0.4, 0.5) is 0 Å². The van der Waals surface area contributed by atoms with Gasteiger partial charge >= 0.3 is 0 Å². The van der Waals surface area contributed by atoms with E-state index in [0.29, 0.717) is 34.0 Å². The maximum absolute atomic E-state index is 5.97. The van der Waals surface area contributed by atoms with Gasteiger partial charge in [0.1, 0.15) is 23.6 Å². The van der Waals surface area contributed by atoms with Gasteiger partial charge in [-0.1, -0.05) is 0 Å². The van der Waals surface area contributed by atoms with Crippen LogP contribution in [-0.2, 0) is 13.7 Å². The van der Waals surface area contributed by atoms with Crippen molar-refractivity contribution in [2.24, 2.45) is 7.05 Å². The molecule has 0 aliphatic rings. The van der Waals surface area contributed by atoms with Crippen molar-refractivity contribution in [3.8, 4) is 22.8 Å². The minimum Gasteiger partial charge on any atom is -0.495 e. The van der Waals surface area contributed by atoms with Crippen molar-refractivity contribution in [2.75, 3.05) is 7.11 Å². The molecule has 0 amide bonds. The number of pyridine rings is 2. The van der Waals surface area contributed by atoms with E-state index < -0.39 is 0 Å².